The van der Waals surface area contributed by atoms with Crippen LogP contribution in [0, 0.1) is 24.5 Å². The maximum Gasteiger partial charge on any atom is 0.411 e. The van der Waals surface area contributed by atoms with Crippen molar-refractivity contribution < 1.29 is 49.1 Å². The van der Waals surface area contributed by atoms with E-state index in [1.54, 1.807) is 60.1 Å². The number of nitrogens with one attached hydrogen (secondary N) is 2. The number of rotatable bonds is 11. The Morgan fingerprint density at radius 3 is 1.28 bits per heavy atom. The van der Waals surface area contributed by atoms with Crippen LogP contribution >= 0.6 is 83.8 Å². The summed E-state index contributed by atoms with van der Waals surface area (Å²) in [6.07, 6.45) is 4.56. The van der Waals surface area contributed by atoms with Crippen LogP contribution in [0.3, 0.4) is 0 Å². The summed E-state index contributed by atoms with van der Waals surface area (Å²) in [5, 5.41) is 19.3. The van der Waals surface area contributed by atoms with E-state index in [-0.39, 0.29) is 43.1 Å². The van der Waals surface area contributed by atoms with Gasteiger partial charge in [0.05, 0.1) is 65.1 Å². The number of anilines is 2. The minimum atomic E-state index is -1.04. The molecule has 0 radical (unpaired) electrons. The van der Waals surface area contributed by atoms with Crippen LogP contribution in [-0.2, 0) is 43.5 Å². The van der Waals surface area contributed by atoms with Gasteiger partial charge < -0.3 is 34.3 Å². The normalized spacial score (nSPS) is 15.8. The van der Waals surface area contributed by atoms with E-state index in [1.165, 1.54) is 24.6 Å². The third kappa shape index (κ3) is 20.5. The number of benzene rings is 3. The van der Waals surface area contributed by atoms with Crippen molar-refractivity contribution in [1.29, 1.82) is 0 Å². The predicted octanol–water partition coefficient (Wildman–Crippen LogP) is 12.2. The molecule has 90 heavy (non-hydrogen) atoms. The summed E-state index contributed by atoms with van der Waals surface area (Å²) in [7, 11) is 4.96. The first kappa shape index (κ1) is 77.0. The zero-order valence-electron chi connectivity index (χ0n) is 55.1. The quantitative estimate of drug-likeness (QED) is 0.115. The van der Waals surface area contributed by atoms with Gasteiger partial charge in [0.1, 0.15) is 54.9 Å². The Morgan fingerprint density at radius 2 is 0.900 bits per heavy atom. The molecule has 3 fully saturated rings. The molecule has 0 unspecified atom stereocenters. The second-order valence-electron chi connectivity index (χ2n) is 25.0. The van der Waals surface area contributed by atoms with E-state index < -0.39 is 40.0 Å². The number of carbonyl (C=O) groups is 5. The molecule has 6 aromatic rings. The highest BCUT2D eigenvalue weighted by atomic mass is 128. The Morgan fingerprint density at radius 1 is 0.533 bits per heavy atom. The van der Waals surface area contributed by atoms with Gasteiger partial charge in [-0.2, -0.15) is 15.3 Å². The van der Waals surface area contributed by atoms with Gasteiger partial charge in [-0.3, -0.25) is 38.7 Å². The van der Waals surface area contributed by atoms with E-state index in [0.717, 1.165) is 64.2 Å². The van der Waals surface area contributed by atoms with E-state index in [9.17, 15) is 24.0 Å². The minimum Gasteiger partial charge on any atom is -0.497 e. The summed E-state index contributed by atoms with van der Waals surface area (Å²) in [4.78, 5) is 69.1. The highest BCUT2D eigenvalue weighted by Gasteiger charge is 2.47. The molecule has 3 aromatic heterocycles. The van der Waals surface area contributed by atoms with Gasteiger partial charge in [-0.25, -0.2) is 19.0 Å². The maximum atomic E-state index is 13.5. The lowest BCUT2D eigenvalue weighted by Crippen LogP contribution is -2.65. The molecule has 3 saturated heterocycles. The van der Waals surface area contributed by atoms with Crippen molar-refractivity contribution in [3.8, 4) is 17.2 Å². The molecule has 0 aliphatic carbocycles. The first-order chi connectivity index (χ1) is 41.7. The van der Waals surface area contributed by atoms with Crippen LogP contribution in [0.1, 0.15) is 118 Å². The third-order valence-electron chi connectivity index (χ3n) is 14.7. The average Bonchev–Trinajstić information content (AvgIpc) is 1.82. The maximum absolute atomic E-state index is 13.5. The van der Waals surface area contributed by atoms with Crippen molar-refractivity contribution >= 4 is 125 Å². The fourth-order valence-corrected chi connectivity index (χ4v) is 10.2. The minimum absolute atomic E-state index is 0. The lowest BCUT2D eigenvalue weighted by atomic mass is 9.97. The number of methoxy groups -OCH3 is 3. The first-order valence-corrected chi connectivity index (χ1v) is 36.5. The van der Waals surface area contributed by atoms with Gasteiger partial charge in [0, 0.05) is 94.6 Å². The Hall–Kier alpha value is -5.48. The van der Waals surface area contributed by atoms with Gasteiger partial charge >= 0.3 is 12.2 Å². The van der Waals surface area contributed by atoms with Gasteiger partial charge in [0.2, 0.25) is 11.8 Å². The molecule has 22 nitrogen and oxygen atoms in total. The molecule has 3 aromatic carbocycles. The number of aryl methyl sites for hydroxylation is 3. The molecule has 0 spiro atoms. The van der Waals surface area contributed by atoms with Gasteiger partial charge in [0.25, 0.3) is 5.91 Å². The molecular weight excluding hydrogens is 1600 g/mol. The summed E-state index contributed by atoms with van der Waals surface area (Å²) >= 11 is 6.56. The second kappa shape index (κ2) is 33.4. The number of hydrogen-bond donors (Lipinski definition) is 2. The van der Waals surface area contributed by atoms with E-state index >= 15 is 0 Å². The highest BCUT2D eigenvalue weighted by molar-refractivity contribution is 15.0. The summed E-state index contributed by atoms with van der Waals surface area (Å²) in [6.45, 7) is 32.7. The summed E-state index contributed by atoms with van der Waals surface area (Å²) in [5.41, 5.74) is 2.91. The number of piperazine rings is 3. The number of nitrogens with zero attached hydrogens (tertiary/aromatic N) is 10. The number of halogens is 4. The van der Waals surface area contributed by atoms with Crippen LogP contribution in [0.15, 0.2) is 91.4 Å². The number of aromatic nitrogens is 6. The molecule has 5 amide bonds. The van der Waals surface area contributed by atoms with Crippen molar-refractivity contribution in [2.45, 2.75) is 151 Å². The molecule has 3 aliphatic rings. The summed E-state index contributed by atoms with van der Waals surface area (Å²) in [6, 6.07) is 23.7. The summed E-state index contributed by atoms with van der Waals surface area (Å²) < 4.78 is 33.2. The van der Waals surface area contributed by atoms with Gasteiger partial charge in [0.15, 0.2) is 0 Å². The Labute approximate surface area is 586 Å². The number of ether oxygens (including phenoxy) is 5. The molecule has 0 atom stereocenters. The van der Waals surface area contributed by atoms with Crippen molar-refractivity contribution in [3.05, 3.63) is 128 Å². The van der Waals surface area contributed by atoms with E-state index in [0.29, 0.717) is 45.8 Å². The van der Waals surface area contributed by atoms with Crippen molar-refractivity contribution in [1.82, 2.24) is 49.8 Å². The van der Waals surface area contributed by atoms with Gasteiger partial charge in [-0.05, 0) is 180 Å². The molecule has 9 rings (SSSR count). The largest absolute Gasteiger partial charge is 0.497 e. The van der Waals surface area contributed by atoms with Crippen LogP contribution in [0.5, 0.6) is 17.2 Å². The standard InChI is InChI=1S/C23H32N4O4.C18H24N4O2.C12H13IN2O.C11H20N2O3.I2.HI.H2/c1-16-14-24-27(15-17-8-10-18(30-7)11-9-17)19(16)25-12-13-26(23(5,6)20(25)28)21(29)31-22(2,3)4;1-13-11-20-22(12-14-5-7-15(24-4)8-6-14)16(13)21-10-9-19-18(2,3)17(21)23;1-9-7-14-15(12(9)13)8-10-3-5-11(16-2)6-4-10;1-10(2,3)16-9(15)13-7-6-12-8(14)11(13,4)5;1-2;;/h8-11,14H,12-13,15H2,1-7H3;5-8,11,19H,9-10,12H2,1-4H3;3-7H,8H2,1-2H3;6-7H2,1-5H3,(H,12,14);;2*1H. The second-order valence-corrected chi connectivity index (χ2v) is 26.1. The van der Waals surface area contributed by atoms with Crippen molar-refractivity contribution in [2.24, 2.45) is 0 Å². The fourth-order valence-electron chi connectivity index (χ4n) is 9.76. The van der Waals surface area contributed by atoms with E-state index in [2.05, 4.69) is 105 Å². The molecule has 2 N–H and O–H groups in total. The van der Waals surface area contributed by atoms with Crippen LogP contribution in [0.2, 0.25) is 0 Å². The average molecular weight is 1700 g/mol. The lowest BCUT2D eigenvalue weighted by molar-refractivity contribution is -0.134. The van der Waals surface area contributed by atoms with Crippen LogP contribution in [0.4, 0.5) is 21.2 Å². The zero-order chi connectivity index (χ0) is 66.4. The number of carbonyl (C=O) groups excluding carboxylic acids is 5. The first-order valence-electron chi connectivity index (χ1n) is 29.2. The van der Waals surface area contributed by atoms with Gasteiger partial charge in [-0.1, -0.05) is 36.4 Å². The Bertz CT molecular complexity index is 3340. The number of hydrogen-bond acceptors (Lipinski definition) is 14. The van der Waals surface area contributed by atoms with Crippen LogP contribution in [-0.4, -0.2) is 157 Å². The monoisotopic (exact) mass is 1700 g/mol. The SMILES string of the molecule is CC(C)(C)OC(=O)N1CCNC(=O)C1(C)C.COc1ccc(Cn2ncc(C)c2I)cc1.COc1ccc(Cn2ncc(C)c2N2CCN(C(=O)OC(C)(C)C)C(C)(C)C2=O)cc1.COc1ccc(Cn2ncc(C)c2N2CCNC(C)(C)C2=O)cc1.I.II.[HH]. The molecule has 6 heterocycles. The zero-order valence-corrected chi connectivity index (χ0v) is 63.9. The molecule has 0 bridgehead atoms. The highest BCUT2D eigenvalue weighted by Crippen LogP contribution is 2.32. The smallest absolute Gasteiger partial charge is 0.411 e. The topological polar surface area (TPSA) is 222 Å². The fraction of sp³-hybridized carbons (Fsp3) is 0.500. The van der Waals surface area contributed by atoms with Crippen molar-refractivity contribution in [2.75, 3.05) is 70.4 Å². The number of amides is 5. The van der Waals surface area contributed by atoms with E-state index in [1.807, 2.05) is 161 Å². The predicted molar refractivity (Wildman–Crippen MR) is 389 cm³/mol. The Kier molecular flexibility index (Phi) is 28.6. The van der Waals surface area contributed by atoms with Crippen molar-refractivity contribution in [3.63, 3.8) is 0 Å². The molecular formula is C64H92I4N12O10. The van der Waals surface area contributed by atoms with Crippen LogP contribution < -0.4 is 34.6 Å². The lowest BCUT2D eigenvalue weighted by Gasteiger charge is -2.45. The molecule has 0 saturated carbocycles. The van der Waals surface area contributed by atoms with Gasteiger partial charge in [-0.15, -0.1) is 24.0 Å². The van der Waals surface area contributed by atoms with Crippen LogP contribution in [0.25, 0.3) is 0 Å². The summed E-state index contributed by atoms with van der Waals surface area (Å²) in [5.74, 6) is 3.89. The van der Waals surface area contributed by atoms with E-state index in [4.69, 9.17) is 23.7 Å². The molecule has 3 aliphatic heterocycles. The Balaban J connectivity index is 0.000000323. The third-order valence-corrected chi connectivity index (χ3v) is 16.1. The molecule has 26 heteroatoms. The molecule has 496 valence electrons.